The van der Waals surface area contributed by atoms with Crippen molar-refractivity contribution < 1.29 is 33.4 Å². The molecule has 52 heavy (non-hydrogen) atoms. The van der Waals surface area contributed by atoms with E-state index in [1.54, 1.807) is 37.4 Å². The molecule has 2 aliphatic carbocycles. The number of carbonyl (C=O) groups excluding carboxylic acids is 3. The number of likely N-dealkylation sites (tertiary alicyclic amines) is 1. The minimum atomic E-state index is -0.765. The summed E-state index contributed by atoms with van der Waals surface area (Å²) in [5.74, 6) is -1.90. The lowest BCUT2D eigenvalue weighted by atomic mass is 9.87. The number of ether oxygens (including phenoxy) is 1. The van der Waals surface area contributed by atoms with Gasteiger partial charge < -0.3 is 30.7 Å². The molecule has 12 heteroatoms. The summed E-state index contributed by atoms with van der Waals surface area (Å²) in [6.45, 7) is 3.18. The third-order valence-electron chi connectivity index (χ3n) is 11.6. The molecule has 1 saturated heterocycles. The highest BCUT2D eigenvalue weighted by Gasteiger charge is 2.61. The SMILES string of the molecule is Cc1cc(CC(=O)N2C[C@]3(CC3C[C@@H](CCCN)C(=O)N(C)C)C[C@H]2COC2CCC(C(=O)O)CC2)c(F)cc1NC(=O)c1csc2ccccc12. The second kappa shape index (κ2) is 16.0. The Morgan fingerprint density at radius 1 is 1.13 bits per heavy atom. The Kier molecular flexibility index (Phi) is 11.7. The molecular formula is C40H51FN4O6S. The normalized spacial score (nSPS) is 24.6. The molecule has 1 aliphatic heterocycles. The van der Waals surface area contributed by atoms with E-state index in [9.17, 15) is 24.3 Å². The minimum Gasteiger partial charge on any atom is -0.481 e. The fourth-order valence-electron chi connectivity index (χ4n) is 8.52. The molecule has 1 aromatic heterocycles. The maximum Gasteiger partial charge on any atom is 0.306 e. The number of hydrogen-bond donors (Lipinski definition) is 3. The third kappa shape index (κ3) is 8.34. The third-order valence-corrected chi connectivity index (χ3v) is 12.6. The minimum absolute atomic E-state index is 0.0626. The first kappa shape index (κ1) is 37.9. The van der Waals surface area contributed by atoms with E-state index in [1.165, 1.54) is 17.4 Å². The summed E-state index contributed by atoms with van der Waals surface area (Å²) >= 11 is 1.48. The van der Waals surface area contributed by atoms with Gasteiger partial charge in [0.1, 0.15) is 5.82 Å². The summed E-state index contributed by atoms with van der Waals surface area (Å²) in [6, 6.07) is 10.4. The van der Waals surface area contributed by atoms with Crippen molar-refractivity contribution in [1.82, 2.24) is 9.80 Å². The highest BCUT2D eigenvalue weighted by Crippen LogP contribution is 2.62. The summed E-state index contributed by atoms with van der Waals surface area (Å²) in [5.41, 5.74) is 7.48. The van der Waals surface area contributed by atoms with E-state index < -0.39 is 11.8 Å². The zero-order valence-corrected chi connectivity index (χ0v) is 31.2. The zero-order chi connectivity index (χ0) is 37.2. The molecule has 0 radical (unpaired) electrons. The lowest BCUT2D eigenvalue weighted by molar-refractivity contribution is -0.144. The molecule has 0 bridgehead atoms. The van der Waals surface area contributed by atoms with Crippen LogP contribution in [-0.4, -0.2) is 84.5 Å². The van der Waals surface area contributed by atoms with Crippen LogP contribution in [0.25, 0.3) is 10.1 Å². The highest BCUT2D eigenvalue weighted by molar-refractivity contribution is 7.17. The number of fused-ring (bicyclic) bond motifs is 1. The van der Waals surface area contributed by atoms with Gasteiger partial charge in [-0.05, 0) is 106 Å². The van der Waals surface area contributed by atoms with E-state index in [4.69, 9.17) is 10.5 Å². The molecule has 3 aromatic rings. The highest BCUT2D eigenvalue weighted by atomic mass is 32.1. The Bertz CT molecular complexity index is 1810. The lowest BCUT2D eigenvalue weighted by Crippen LogP contribution is -2.40. The number of aryl methyl sites for hydroxylation is 1. The van der Waals surface area contributed by atoms with Gasteiger partial charge in [0.05, 0.1) is 36.7 Å². The summed E-state index contributed by atoms with van der Waals surface area (Å²) in [4.78, 5) is 55.3. The van der Waals surface area contributed by atoms with Crippen molar-refractivity contribution in [3.8, 4) is 0 Å². The second-order valence-corrected chi connectivity index (χ2v) is 16.3. The largest absolute Gasteiger partial charge is 0.481 e. The van der Waals surface area contributed by atoms with Gasteiger partial charge in [-0.25, -0.2) is 4.39 Å². The van der Waals surface area contributed by atoms with Crippen LogP contribution in [0, 0.1) is 35.9 Å². The number of nitrogens with zero attached hydrogens (tertiary/aromatic N) is 2. The van der Waals surface area contributed by atoms with E-state index in [0.29, 0.717) is 62.2 Å². The standard InChI is InChI=1S/C40H51FN4O6S/c1-24-15-27(33(41)18-34(24)43-37(47)32-22-52-35-9-5-4-8-31(32)35)17-36(46)45-23-40(19-28(40)16-26(7-6-14-42)38(48)44(2)3)20-29(45)21-51-30-12-10-25(11-13-30)39(49)50/h4-5,8-9,15,18,22,25-26,28-30H,6-7,10-14,16-17,19-21,23,42H2,1-3H3,(H,43,47)(H,49,50)/t25?,26-,28?,29+,30?,40+/m1/s1. The molecule has 3 amide bonds. The number of carbonyl (C=O) groups is 4. The van der Waals surface area contributed by atoms with Crippen LogP contribution in [0.5, 0.6) is 0 Å². The number of carboxylic acid groups (broad SMARTS) is 1. The molecule has 4 N–H and O–H groups in total. The molecule has 10 nitrogen and oxygen atoms in total. The molecule has 2 heterocycles. The number of nitrogens with two attached hydrogens (primary N) is 1. The van der Waals surface area contributed by atoms with E-state index in [2.05, 4.69) is 5.32 Å². The first-order chi connectivity index (χ1) is 24.9. The summed E-state index contributed by atoms with van der Waals surface area (Å²) in [5, 5.41) is 14.9. The van der Waals surface area contributed by atoms with Crippen molar-refractivity contribution in [2.45, 2.75) is 83.3 Å². The molecule has 6 rings (SSSR count). The number of thiophene rings is 1. The molecule has 280 valence electrons. The van der Waals surface area contributed by atoms with Crippen LogP contribution in [0.3, 0.4) is 0 Å². The van der Waals surface area contributed by atoms with Crippen LogP contribution < -0.4 is 11.1 Å². The Hall–Kier alpha value is -3.87. The average molecular weight is 735 g/mol. The molecule has 4 atom stereocenters. The molecule has 3 fully saturated rings. The Labute approximate surface area is 308 Å². The van der Waals surface area contributed by atoms with Crippen molar-refractivity contribution >= 4 is 50.8 Å². The molecular weight excluding hydrogens is 684 g/mol. The van der Waals surface area contributed by atoms with Crippen LogP contribution in [0.2, 0.25) is 0 Å². The van der Waals surface area contributed by atoms with E-state index >= 15 is 4.39 Å². The van der Waals surface area contributed by atoms with Crippen molar-refractivity contribution in [2.24, 2.45) is 28.9 Å². The lowest BCUT2D eigenvalue weighted by Gasteiger charge is -2.30. The van der Waals surface area contributed by atoms with Gasteiger partial charge in [0.2, 0.25) is 11.8 Å². The van der Waals surface area contributed by atoms with Gasteiger partial charge in [-0.15, -0.1) is 11.3 Å². The summed E-state index contributed by atoms with van der Waals surface area (Å²) in [7, 11) is 3.56. The maximum atomic E-state index is 15.7. The molecule has 1 unspecified atom stereocenters. The first-order valence-electron chi connectivity index (χ1n) is 18.5. The number of anilines is 1. The maximum absolute atomic E-state index is 15.7. The van der Waals surface area contributed by atoms with Gasteiger partial charge in [-0.3, -0.25) is 19.2 Å². The number of benzene rings is 2. The van der Waals surface area contributed by atoms with Crippen molar-refractivity contribution in [3.63, 3.8) is 0 Å². The average Bonchev–Trinajstić information content (AvgIpc) is 3.41. The first-order valence-corrected chi connectivity index (χ1v) is 19.4. The van der Waals surface area contributed by atoms with Gasteiger partial charge in [0.15, 0.2) is 0 Å². The predicted molar refractivity (Wildman–Crippen MR) is 200 cm³/mol. The monoisotopic (exact) mass is 734 g/mol. The zero-order valence-electron chi connectivity index (χ0n) is 30.4. The van der Waals surface area contributed by atoms with Crippen LogP contribution in [0.1, 0.15) is 79.3 Å². The quantitative estimate of drug-likeness (QED) is 0.178. The summed E-state index contributed by atoms with van der Waals surface area (Å²) < 4.78 is 23.0. The van der Waals surface area contributed by atoms with Crippen molar-refractivity contribution in [1.29, 1.82) is 0 Å². The Morgan fingerprint density at radius 2 is 1.88 bits per heavy atom. The van der Waals surface area contributed by atoms with Crippen LogP contribution in [-0.2, 0) is 25.5 Å². The number of hydrogen-bond acceptors (Lipinski definition) is 7. The number of nitrogens with one attached hydrogen (secondary N) is 1. The topological polar surface area (TPSA) is 142 Å². The van der Waals surface area contributed by atoms with Gasteiger partial charge in [0, 0.05) is 47.7 Å². The second-order valence-electron chi connectivity index (χ2n) is 15.4. The van der Waals surface area contributed by atoms with E-state index in [-0.39, 0.29) is 65.0 Å². The van der Waals surface area contributed by atoms with Crippen LogP contribution in [0.15, 0.2) is 41.8 Å². The van der Waals surface area contributed by atoms with Gasteiger partial charge >= 0.3 is 5.97 Å². The number of rotatable bonds is 14. The van der Waals surface area contributed by atoms with E-state index in [0.717, 1.165) is 42.2 Å². The number of halogens is 1. The molecule has 2 aromatic carbocycles. The fourth-order valence-corrected chi connectivity index (χ4v) is 9.46. The van der Waals surface area contributed by atoms with Crippen molar-refractivity contribution in [2.75, 3.05) is 39.1 Å². The molecule has 3 aliphatic rings. The Balaban J connectivity index is 1.15. The van der Waals surface area contributed by atoms with Gasteiger partial charge in [0.25, 0.3) is 5.91 Å². The van der Waals surface area contributed by atoms with Crippen LogP contribution >= 0.6 is 11.3 Å². The summed E-state index contributed by atoms with van der Waals surface area (Å²) in [6.07, 6.45) is 6.19. The molecule has 1 spiro atoms. The number of amides is 3. The van der Waals surface area contributed by atoms with Gasteiger partial charge in [-0.1, -0.05) is 24.3 Å². The fraction of sp³-hybridized carbons (Fsp3) is 0.550. The van der Waals surface area contributed by atoms with Gasteiger partial charge in [-0.2, -0.15) is 0 Å². The predicted octanol–water partition coefficient (Wildman–Crippen LogP) is 6.24. The van der Waals surface area contributed by atoms with E-state index in [1.807, 2.05) is 29.2 Å². The number of aliphatic carboxylic acids is 1. The smallest absolute Gasteiger partial charge is 0.306 e. The molecule has 2 saturated carbocycles. The van der Waals surface area contributed by atoms with Crippen LogP contribution in [0.4, 0.5) is 10.1 Å². The Morgan fingerprint density at radius 3 is 2.60 bits per heavy atom. The number of carboxylic acids is 1. The van der Waals surface area contributed by atoms with Crippen molar-refractivity contribution in [3.05, 3.63) is 64.3 Å².